The van der Waals surface area contributed by atoms with Crippen molar-refractivity contribution in [3.05, 3.63) is 23.9 Å². The molecule has 0 aromatic carbocycles. The Bertz CT molecular complexity index is 359. The summed E-state index contributed by atoms with van der Waals surface area (Å²) in [6, 6.07) is 3.61. The van der Waals surface area contributed by atoms with Crippen LogP contribution in [0, 0.1) is 5.92 Å². The highest BCUT2D eigenvalue weighted by atomic mass is 16.2. The third kappa shape index (κ3) is 4.06. The monoisotopic (exact) mass is 235 g/mol. The summed E-state index contributed by atoms with van der Waals surface area (Å²) in [7, 11) is 3.63. The lowest BCUT2D eigenvalue weighted by molar-refractivity contribution is 0.0789. The van der Waals surface area contributed by atoms with Crippen molar-refractivity contribution in [1.82, 2.24) is 9.88 Å². The third-order valence-electron chi connectivity index (χ3n) is 2.66. The van der Waals surface area contributed by atoms with Crippen LogP contribution in [0.25, 0.3) is 0 Å². The molecule has 1 aromatic heterocycles. The van der Waals surface area contributed by atoms with Gasteiger partial charge in [0.2, 0.25) is 0 Å². The largest absolute Gasteiger partial charge is 0.373 e. The number of aromatic nitrogens is 1. The van der Waals surface area contributed by atoms with Gasteiger partial charge in [0.25, 0.3) is 5.91 Å². The molecule has 0 bridgehead atoms. The van der Waals surface area contributed by atoms with Crippen LogP contribution in [0.3, 0.4) is 0 Å². The van der Waals surface area contributed by atoms with E-state index < -0.39 is 0 Å². The van der Waals surface area contributed by atoms with Crippen molar-refractivity contribution in [2.75, 3.05) is 26.0 Å². The Morgan fingerprint density at radius 1 is 1.47 bits per heavy atom. The first kappa shape index (κ1) is 13.5. The highest BCUT2D eigenvalue weighted by Gasteiger charge is 2.12. The highest BCUT2D eigenvalue weighted by Crippen LogP contribution is 2.08. The smallest absolute Gasteiger partial charge is 0.255 e. The molecule has 0 aliphatic heterocycles. The molecule has 0 unspecified atom stereocenters. The molecule has 4 nitrogen and oxygen atoms in total. The Kier molecular flexibility index (Phi) is 4.94. The van der Waals surface area contributed by atoms with Gasteiger partial charge in [0.15, 0.2) is 0 Å². The van der Waals surface area contributed by atoms with Gasteiger partial charge in [0, 0.05) is 26.8 Å². The minimum Gasteiger partial charge on any atom is -0.373 e. The summed E-state index contributed by atoms with van der Waals surface area (Å²) in [6.45, 7) is 5.09. The zero-order valence-corrected chi connectivity index (χ0v) is 11.0. The standard InChI is InChI=1S/C13H21N3O/c1-10(2)7-8-16(4)13(17)11-5-6-12(14-3)15-9-11/h5-6,9-10H,7-8H2,1-4H3,(H,14,15). The second-order valence-electron chi connectivity index (χ2n) is 4.59. The molecule has 0 fully saturated rings. The molecule has 0 atom stereocenters. The van der Waals surface area contributed by atoms with Gasteiger partial charge < -0.3 is 10.2 Å². The van der Waals surface area contributed by atoms with Crippen molar-refractivity contribution < 1.29 is 4.79 Å². The molecule has 1 rings (SSSR count). The minimum atomic E-state index is 0.0285. The van der Waals surface area contributed by atoms with E-state index >= 15 is 0 Å². The van der Waals surface area contributed by atoms with Gasteiger partial charge in [0.1, 0.15) is 5.82 Å². The zero-order valence-electron chi connectivity index (χ0n) is 11.0. The van der Waals surface area contributed by atoms with E-state index in [4.69, 9.17) is 0 Å². The fraction of sp³-hybridized carbons (Fsp3) is 0.538. The van der Waals surface area contributed by atoms with Gasteiger partial charge in [-0.1, -0.05) is 13.8 Å². The Labute approximate surface area is 103 Å². The fourth-order valence-electron chi connectivity index (χ4n) is 1.44. The van der Waals surface area contributed by atoms with Gasteiger partial charge in [-0.3, -0.25) is 4.79 Å². The summed E-state index contributed by atoms with van der Waals surface area (Å²) in [4.78, 5) is 17.9. The van der Waals surface area contributed by atoms with Crippen molar-refractivity contribution in [1.29, 1.82) is 0 Å². The average molecular weight is 235 g/mol. The summed E-state index contributed by atoms with van der Waals surface area (Å²) in [5, 5.41) is 2.93. The van der Waals surface area contributed by atoms with Gasteiger partial charge >= 0.3 is 0 Å². The Morgan fingerprint density at radius 2 is 2.18 bits per heavy atom. The molecule has 1 heterocycles. The summed E-state index contributed by atoms with van der Waals surface area (Å²) >= 11 is 0. The maximum atomic E-state index is 12.0. The normalized spacial score (nSPS) is 10.4. The SMILES string of the molecule is CNc1ccc(C(=O)N(C)CCC(C)C)cn1. The van der Waals surface area contributed by atoms with Crippen LogP contribution in [-0.4, -0.2) is 36.4 Å². The van der Waals surface area contributed by atoms with Crippen molar-refractivity contribution in [2.45, 2.75) is 20.3 Å². The molecule has 94 valence electrons. The fourth-order valence-corrected chi connectivity index (χ4v) is 1.44. The predicted molar refractivity (Wildman–Crippen MR) is 70.2 cm³/mol. The number of nitrogens with one attached hydrogen (secondary N) is 1. The van der Waals surface area contributed by atoms with E-state index in [9.17, 15) is 4.79 Å². The summed E-state index contributed by atoms with van der Waals surface area (Å²) in [5.74, 6) is 1.40. The average Bonchev–Trinajstić information content (AvgIpc) is 2.35. The first-order valence-corrected chi connectivity index (χ1v) is 5.94. The van der Waals surface area contributed by atoms with E-state index in [1.54, 1.807) is 24.2 Å². The predicted octanol–water partition coefficient (Wildman–Crippen LogP) is 2.24. The van der Waals surface area contributed by atoms with Crippen molar-refractivity contribution >= 4 is 11.7 Å². The van der Waals surface area contributed by atoms with Crippen LogP contribution in [-0.2, 0) is 0 Å². The molecular weight excluding hydrogens is 214 g/mol. The van der Waals surface area contributed by atoms with Crippen LogP contribution in [0.15, 0.2) is 18.3 Å². The number of hydrogen-bond donors (Lipinski definition) is 1. The molecule has 0 aliphatic carbocycles. The lowest BCUT2D eigenvalue weighted by Crippen LogP contribution is -2.28. The van der Waals surface area contributed by atoms with E-state index in [-0.39, 0.29) is 5.91 Å². The quantitative estimate of drug-likeness (QED) is 0.851. The van der Waals surface area contributed by atoms with Gasteiger partial charge in [-0.05, 0) is 24.5 Å². The van der Waals surface area contributed by atoms with E-state index in [1.807, 2.05) is 13.1 Å². The van der Waals surface area contributed by atoms with Gasteiger partial charge in [-0.2, -0.15) is 0 Å². The molecule has 1 N–H and O–H groups in total. The van der Waals surface area contributed by atoms with Gasteiger partial charge in [-0.25, -0.2) is 4.98 Å². The zero-order chi connectivity index (χ0) is 12.8. The number of nitrogens with zero attached hydrogens (tertiary/aromatic N) is 2. The van der Waals surface area contributed by atoms with Gasteiger partial charge in [-0.15, -0.1) is 0 Å². The van der Waals surface area contributed by atoms with Crippen LogP contribution >= 0.6 is 0 Å². The number of rotatable bonds is 5. The van der Waals surface area contributed by atoms with Gasteiger partial charge in [0.05, 0.1) is 5.56 Å². The van der Waals surface area contributed by atoms with Crippen LogP contribution in [0.5, 0.6) is 0 Å². The maximum Gasteiger partial charge on any atom is 0.255 e. The van der Waals surface area contributed by atoms with E-state index in [2.05, 4.69) is 24.1 Å². The van der Waals surface area contributed by atoms with E-state index in [0.717, 1.165) is 18.8 Å². The number of anilines is 1. The molecule has 0 saturated carbocycles. The Balaban J connectivity index is 2.61. The topological polar surface area (TPSA) is 45.2 Å². The highest BCUT2D eigenvalue weighted by molar-refractivity contribution is 5.93. The molecule has 0 spiro atoms. The number of carbonyl (C=O) groups excluding carboxylic acids is 1. The summed E-state index contributed by atoms with van der Waals surface area (Å²) in [5.41, 5.74) is 0.634. The molecule has 4 heteroatoms. The summed E-state index contributed by atoms with van der Waals surface area (Å²) in [6.07, 6.45) is 2.63. The van der Waals surface area contributed by atoms with Crippen LogP contribution in [0.1, 0.15) is 30.6 Å². The first-order valence-electron chi connectivity index (χ1n) is 5.94. The molecule has 1 amide bonds. The second kappa shape index (κ2) is 6.23. The number of hydrogen-bond acceptors (Lipinski definition) is 3. The molecule has 1 aromatic rings. The number of carbonyl (C=O) groups is 1. The Morgan fingerprint density at radius 3 is 2.65 bits per heavy atom. The first-order chi connectivity index (χ1) is 8.04. The minimum absolute atomic E-state index is 0.0285. The van der Waals surface area contributed by atoms with Crippen molar-refractivity contribution in [3.63, 3.8) is 0 Å². The van der Waals surface area contributed by atoms with E-state index in [0.29, 0.717) is 11.5 Å². The molecule has 17 heavy (non-hydrogen) atoms. The lowest BCUT2D eigenvalue weighted by Gasteiger charge is -2.18. The van der Waals surface area contributed by atoms with E-state index in [1.165, 1.54) is 0 Å². The molecular formula is C13H21N3O. The number of pyridine rings is 1. The molecule has 0 saturated heterocycles. The molecule has 0 radical (unpaired) electrons. The van der Waals surface area contributed by atoms with Crippen LogP contribution in [0.2, 0.25) is 0 Å². The molecule has 0 aliphatic rings. The second-order valence-corrected chi connectivity index (χ2v) is 4.59. The van der Waals surface area contributed by atoms with Crippen LogP contribution in [0.4, 0.5) is 5.82 Å². The van der Waals surface area contributed by atoms with Crippen LogP contribution < -0.4 is 5.32 Å². The number of amides is 1. The lowest BCUT2D eigenvalue weighted by atomic mass is 10.1. The van der Waals surface area contributed by atoms with Crippen molar-refractivity contribution in [3.8, 4) is 0 Å². The summed E-state index contributed by atoms with van der Waals surface area (Å²) < 4.78 is 0. The Hall–Kier alpha value is -1.58. The van der Waals surface area contributed by atoms with Crippen molar-refractivity contribution in [2.24, 2.45) is 5.92 Å². The maximum absolute atomic E-state index is 12.0. The third-order valence-corrected chi connectivity index (χ3v) is 2.66.